The molecular formula is C43H93N11. The third kappa shape index (κ3) is 14.4. The van der Waals surface area contributed by atoms with Crippen molar-refractivity contribution >= 4 is 0 Å². The number of rotatable bonds is 6. The molecule has 320 valence electrons. The van der Waals surface area contributed by atoms with Crippen LogP contribution in [-0.4, -0.2) is 136 Å². The van der Waals surface area contributed by atoms with Crippen molar-refractivity contribution in [1.29, 1.82) is 0 Å². The molecule has 0 radical (unpaired) electrons. The van der Waals surface area contributed by atoms with Crippen LogP contribution in [0.3, 0.4) is 0 Å². The van der Waals surface area contributed by atoms with Crippen LogP contribution in [0.5, 0.6) is 0 Å². The van der Waals surface area contributed by atoms with Gasteiger partial charge in [-0.25, -0.2) is 25.0 Å². The highest BCUT2D eigenvalue weighted by atomic mass is 15.5. The second-order valence-corrected chi connectivity index (χ2v) is 18.3. The number of fused-ring (bicyclic) bond motifs is 3. The molecule has 0 spiro atoms. The quantitative estimate of drug-likeness (QED) is 0.198. The molecule has 11 nitrogen and oxygen atoms in total. The van der Waals surface area contributed by atoms with Crippen molar-refractivity contribution in [3.63, 3.8) is 0 Å². The largest absolute Gasteiger partial charge is 0.317 e. The molecule has 8 fully saturated rings. The molecule has 5 aliphatic heterocycles. The van der Waals surface area contributed by atoms with E-state index in [1.165, 1.54) is 135 Å². The molecule has 0 aromatic rings. The Bertz CT molecular complexity index is 950. The lowest BCUT2D eigenvalue weighted by Crippen LogP contribution is -2.52. The lowest BCUT2D eigenvalue weighted by molar-refractivity contribution is 0.0552. The van der Waals surface area contributed by atoms with Gasteiger partial charge in [0.1, 0.15) is 0 Å². The summed E-state index contributed by atoms with van der Waals surface area (Å²) in [7, 11) is 12.1. The second-order valence-electron chi connectivity index (χ2n) is 18.3. The predicted molar refractivity (Wildman–Crippen MR) is 231 cm³/mol. The van der Waals surface area contributed by atoms with Gasteiger partial charge in [-0.1, -0.05) is 32.6 Å². The van der Waals surface area contributed by atoms with Crippen LogP contribution in [0.1, 0.15) is 144 Å². The third-order valence-electron chi connectivity index (χ3n) is 14.7. The van der Waals surface area contributed by atoms with Crippen molar-refractivity contribution < 1.29 is 0 Å². The molecule has 10 atom stereocenters. The molecule has 0 aromatic carbocycles. The zero-order valence-electron chi connectivity index (χ0n) is 37.8. The Morgan fingerprint density at radius 2 is 1.07 bits per heavy atom. The predicted octanol–water partition coefficient (Wildman–Crippen LogP) is 5.84. The molecule has 5 unspecified atom stereocenters. The zero-order chi connectivity index (χ0) is 39.7. The standard InChI is InChI=1S/C10H20N2.C8H16N2.C7H16N2.C7H15N.C6H14N2.C5H12N2/c1-8-10-6-4-3-5-9(10)7-12(8)11-2;1-8-4-3-7(5-8)6-10(8)9-2;1-7-5-3-4-6-9(7)8-2;1-6-4-3-5-7(6)8-2;1-6-4-3-5-8(6)7-2;1-5-3-4-7(5)6-2/h8-11H,3-7H2,1-2H3;7,9H,3-6H2,1-2H3;7-8H,3-6H2,1-2H3;6-8H,3-5H2,1-2H3;6-7H,3-5H2,1-2H3;5-6H,3-4H2,1-2H3/t8-,9?,10?;;7-;6-,7?;6-;5-/m0.0000/s1. The fraction of sp³-hybridized carbons (Fsp3) is 1.00. The second kappa shape index (κ2) is 25.1. The summed E-state index contributed by atoms with van der Waals surface area (Å²) in [6.07, 6.45) is 22.5. The molecule has 5 heterocycles. The van der Waals surface area contributed by atoms with Crippen LogP contribution in [0.15, 0.2) is 0 Å². The van der Waals surface area contributed by atoms with E-state index in [1.54, 1.807) is 0 Å². The van der Waals surface area contributed by atoms with Gasteiger partial charge >= 0.3 is 0 Å². The van der Waals surface area contributed by atoms with E-state index in [4.69, 9.17) is 0 Å². The Hall–Kier alpha value is -0.440. The highest BCUT2D eigenvalue weighted by Gasteiger charge is 2.46. The maximum Gasteiger partial charge on any atom is 0.0329 e. The molecule has 2 bridgehead atoms. The molecule has 3 saturated carbocycles. The van der Waals surface area contributed by atoms with E-state index < -0.39 is 0 Å². The molecule has 3 aliphatic carbocycles. The van der Waals surface area contributed by atoms with Crippen LogP contribution in [-0.2, 0) is 0 Å². The van der Waals surface area contributed by atoms with E-state index in [9.17, 15) is 0 Å². The van der Waals surface area contributed by atoms with E-state index >= 15 is 0 Å². The van der Waals surface area contributed by atoms with Crippen LogP contribution >= 0.6 is 0 Å². The van der Waals surface area contributed by atoms with Gasteiger partial charge in [0.2, 0.25) is 0 Å². The van der Waals surface area contributed by atoms with Gasteiger partial charge in [0, 0.05) is 68.5 Å². The average Bonchev–Trinajstić information content (AvgIpc) is 4.02. The van der Waals surface area contributed by atoms with Gasteiger partial charge in [0.15, 0.2) is 0 Å². The molecular weight excluding hydrogens is 671 g/mol. The lowest BCUT2D eigenvalue weighted by atomic mass is 9.79. The number of hydrazine groups is 5. The van der Waals surface area contributed by atoms with Crippen LogP contribution in [0.25, 0.3) is 0 Å². The number of nitrogens with zero attached hydrogens (tertiary/aromatic N) is 5. The first-order valence-corrected chi connectivity index (χ1v) is 22.8. The summed E-state index contributed by atoms with van der Waals surface area (Å²) in [6, 6.07) is 3.84. The molecule has 6 N–H and O–H groups in total. The Morgan fingerprint density at radius 3 is 1.41 bits per heavy atom. The van der Waals surface area contributed by atoms with Crippen molar-refractivity contribution in [3.05, 3.63) is 0 Å². The highest BCUT2D eigenvalue weighted by molar-refractivity contribution is 5.00. The normalized spacial score (nSPS) is 37.9. The molecule has 8 rings (SSSR count). The first kappa shape index (κ1) is 47.9. The first-order valence-electron chi connectivity index (χ1n) is 22.8. The van der Waals surface area contributed by atoms with Crippen LogP contribution in [0.2, 0.25) is 0 Å². The van der Waals surface area contributed by atoms with E-state index in [1.807, 2.05) is 35.2 Å². The highest BCUT2D eigenvalue weighted by Crippen LogP contribution is 2.44. The molecule has 11 heteroatoms. The topological polar surface area (TPSA) is 88.4 Å². The molecule has 0 amide bonds. The van der Waals surface area contributed by atoms with E-state index in [-0.39, 0.29) is 0 Å². The van der Waals surface area contributed by atoms with Crippen LogP contribution in [0.4, 0.5) is 0 Å². The summed E-state index contributed by atoms with van der Waals surface area (Å²) in [5.74, 6) is 3.87. The first-order chi connectivity index (χ1) is 25.9. The SMILES string of the molecule is CNC1CCC[C@@H]1C.CNN1CC2CCC1(C)C2.CNN1CC2CCCCC2[C@@H]1C.CNN1CCCC[C@@H]1C.CNN1CCC[C@@H]1C.CNN1CC[C@@H]1C. The van der Waals surface area contributed by atoms with Crippen molar-refractivity contribution in [2.75, 3.05) is 75.0 Å². The Balaban J connectivity index is 0.000000176. The number of nitrogens with one attached hydrogen (secondary N) is 6. The molecule has 5 saturated heterocycles. The van der Waals surface area contributed by atoms with Gasteiger partial charge < -0.3 is 5.32 Å². The molecule has 8 aliphatic rings. The van der Waals surface area contributed by atoms with Crippen molar-refractivity contribution in [2.24, 2.45) is 23.7 Å². The van der Waals surface area contributed by atoms with Crippen LogP contribution in [0, 0.1) is 23.7 Å². The van der Waals surface area contributed by atoms with Crippen molar-refractivity contribution in [1.82, 2.24) is 57.5 Å². The van der Waals surface area contributed by atoms with Gasteiger partial charge in [-0.3, -0.25) is 27.1 Å². The van der Waals surface area contributed by atoms with Crippen molar-refractivity contribution in [3.8, 4) is 0 Å². The zero-order valence-corrected chi connectivity index (χ0v) is 37.8. The maximum absolute atomic E-state index is 3.31. The fourth-order valence-electron chi connectivity index (χ4n) is 10.7. The van der Waals surface area contributed by atoms with E-state index in [2.05, 4.69) is 106 Å². The summed E-state index contributed by atoms with van der Waals surface area (Å²) in [4.78, 5) is 0. The molecule has 54 heavy (non-hydrogen) atoms. The number of hydrogen-bond donors (Lipinski definition) is 6. The van der Waals surface area contributed by atoms with Gasteiger partial charge in [0.05, 0.1) is 0 Å². The minimum absolute atomic E-state index is 0.499. The van der Waals surface area contributed by atoms with Gasteiger partial charge in [0.25, 0.3) is 0 Å². The summed E-state index contributed by atoms with van der Waals surface area (Å²) in [6.45, 7) is 20.0. The lowest BCUT2D eigenvalue weighted by Gasteiger charge is -2.37. The maximum atomic E-state index is 3.31. The van der Waals surface area contributed by atoms with Gasteiger partial charge in [-0.05, 0) is 178 Å². The Kier molecular flexibility index (Phi) is 22.3. The summed E-state index contributed by atoms with van der Waals surface area (Å²) >= 11 is 0. The number of hydrogen-bond acceptors (Lipinski definition) is 11. The summed E-state index contributed by atoms with van der Waals surface area (Å²) in [5.41, 5.74) is 16.5. The Labute approximate surface area is 335 Å². The number of piperidine rings is 2. The molecule has 0 aromatic heterocycles. The van der Waals surface area contributed by atoms with E-state index in [0.29, 0.717) is 5.54 Å². The van der Waals surface area contributed by atoms with Gasteiger partial charge in [-0.2, -0.15) is 0 Å². The Morgan fingerprint density at radius 1 is 0.500 bits per heavy atom. The smallest absolute Gasteiger partial charge is 0.0329 e. The monoisotopic (exact) mass is 764 g/mol. The van der Waals surface area contributed by atoms with E-state index in [0.717, 1.165) is 53.9 Å². The minimum atomic E-state index is 0.499. The fourth-order valence-corrected chi connectivity index (χ4v) is 10.7. The average molecular weight is 764 g/mol. The van der Waals surface area contributed by atoms with Crippen LogP contribution < -0.4 is 32.4 Å². The minimum Gasteiger partial charge on any atom is -0.317 e. The third-order valence-corrected chi connectivity index (χ3v) is 14.7. The summed E-state index contributed by atoms with van der Waals surface area (Å²) in [5, 5.41) is 14.9. The summed E-state index contributed by atoms with van der Waals surface area (Å²) < 4.78 is 0. The van der Waals surface area contributed by atoms with Gasteiger partial charge in [-0.15, -0.1) is 0 Å². The van der Waals surface area contributed by atoms with Crippen molar-refractivity contribution in [2.45, 2.75) is 180 Å².